The van der Waals surface area contributed by atoms with Gasteiger partial charge in [-0.1, -0.05) is 97.8 Å². The molecule has 0 N–H and O–H groups in total. The Morgan fingerprint density at radius 1 is 0.571 bits per heavy atom. The van der Waals surface area contributed by atoms with Gasteiger partial charge in [0.25, 0.3) is 0 Å². The lowest BCUT2D eigenvalue weighted by atomic mass is 10.2. The van der Waals surface area contributed by atoms with E-state index in [1.807, 2.05) is 0 Å². The van der Waals surface area contributed by atoms with Crippen molar-refractivity contribution in [1.29, 1.82) is 0 Å². The van der Waals surface area contributed by atoms with Crippen LogP contribution in [0.15, 0.2) is 0 Å². The highest BCUT2D eigenvalue weighted by Crippen LogP contribution is 2.30. The lowest BCUT2D eigenvalue weighted by Crippen LogP contribution is -2.37. The predicted molar refractivity (Wildman–Crippen MR) is 99.4 cm³/mol. The van der Waals surface area contributed by atoms with E-state index < -0.39 is 8.32 Å². The van der Waals surface area contributed by atoms with Crippen molar-refractivity contribution in [2.45, 2.75) is 116 Å². The smallest absolute Gasteiger partial charge is 0.230 e. The van der Waals surface area contributed by atoms with Crippen LogP contribution >= 0.6 is 0 Å². The van der Waals surface area contributed by atoms with Crippen LogP contribution in [-0.2, 0) is 4.12 Å². The first-order valence-electron chi connectivity index (χ1n) is 9.59. The molecule has 0 aromatic carbocycles. The summed E-state index contributed by atoms with van der Waals surface area (Å²) in [5, 5.41) is 0. The zero-order valence-corrected chi connectivity index (χ0v) is 17.0. The largest absolute Gasteiger partial charge is 0.457 e. The van der Waals surface area contributed by atoms with Crippen molar-refractivity contribution in [3.63, 3.8) is 0 Å². The molecule has 0 aliphatic rings. The summed E-state index contributed by atoms with van der Waals surface area (Å²) in [4.78, 5) is 0. The highest BCUT2D eigenvalue weighted by atomic mass is 28.4. The SMILES string of the molecule is CCCCCC[Si](CCCCCC)(CCCCCC)O[Si]. The zero-order chi connectivity index (χ0) is 15.8. The molecule has 1 nitrogen and oxygen atoms in total. The maximum atomic E-state index is 6.02. The maximum Gasteiger partial charge on any atom is 0.230 e. The van der Waals surface area contributed by atoms with Crippen molar-refractivity contribution < 1.29 is 4.12 Å². The van der Waals surface area contributed by atoms with Crippen LogP contribution in [-0.4, -0.2) is 18.8 Å². The standard InChI is InChI=1S/C18H39OSi2/c1-4-7-10-13-16-21(19-20,17-14-11-8-5-2)18-15-12-9-6-3/h4-18H2,1-3H3. The molecule has 0 unspecified atom stereocenters. The van der Waals surface area contributed by atoms with Crippen LogP contribution in [0.5, 0.6) is 0 Å². The molecule has 0 rings (SSSR count). The Balaban J connectivity index is 4.22. The first-order chi connectivity index (χ1) is 10.2. The molecule has 0 aromatic heterocycles. The molecule has 0 aromatic rings. The van der Waals surface area contributed by atoms with E-state index in [0.29, 0.717) is 0 Å². The van der Waals surface area contributed by atoms with Gasteiger partial charge in [-0.15, -0.1) is 0 Å². The minimum atomic E-state index is -1.51. The molecule has 0 aliphatic carbocycles. The number of rotatable bonds is 16. The van der Waals surface area contributed by atoms with Gasteiger partial charge in [0, 0.05) is 0 Å². The summed E-state index contributed by atoms with van der Waals surface area (Å²) in [6, 6.07) is 4.11. The van der Waals surface area contributed by atoms with Crippen molar-refractivity contribution >= 4 is 18.8 Å². The minimum Gasteiger partial charge on any atom is -0.457 e. The van der Waals surface area contributed by atoms with Gasteiger partial charge in [-0.25, -0.2) is 0 Å². The number of hydrogen-bond acceptors (Lipinski definition) is 1. The number of unbranched alkanes of at least 4 members (excludes halogenated alkanes) is 9. The second kappa shape index (κ2) is 15.3. The second-order valence-corrected chi connectivity index (χ2v) is 11.4. The molecule has 0 heterocycles. The van der Waals surface area contributed by atoms with Gasteiger partial charge in [0.05, 0.1) is 0 Å². The zero-order valence-electron chi connectivity index (χ0n) is 15.0. The van der Waals surface area contributed by atoms with Crippen molar-refractivity contribution in [3.8, 4) is 0 Å². The molecule has 0 amide bonds. The summed E-state index contributed by atoms with van der Waals surface area (Å²) < 4.78 is 6.02. The summed E-state index contributed by atoms with van der Waals surface area (Å²) >= 11 is 0. The highest BCUT2D eigenvalue weighted by molar-refractivity contribution is 6.76. The Labute approximate surface area is 139 Å². The summed E-state index contributed by atoms with van der Waals surface area (Å²) in [6.45, 7) is 6.88. The fraction of sp³-hybridized carbons (Fsp3) is 1.00. The molecule has 0 fully saturated rings. The van der Waals surface area contributed by atoms with Crippen molar-refractivity contribution in [2.75, 3.05) is 0 Å². The Morgan fingerprint density at radius 2 is 0.905 bits per heavy atom. The summed E-state index contributed by atoms with van der Waals surface area (Å²) in [7, 11) is 1.99. The van der Waals surface area contributed by atoms with Crippen molar-refractivity contribution in [2.24, 2.45) is 0 Å². The summed E-state index contributed by atoms with van der Waals surface area (Å²) in [5.74, 6) is 0. The maximum absolute atomic E-state index is 6.02. The molecular formula is C18H39OSi2. The predicted octanol–water partition coefficient (Wildman–Crippen LogP) is 6.77. The molecule has 0 spiro atoms. The van der Waals surface area contributed by atoms with E-state index in [-0.39, 0.29) is 0 Å². The van der Waals surface area contributed by atoms with Crippen LogP contribution in [0.3, 0.4) is 0 Å². The van der Waals surface area contributed by atoms with E-state index in [4.69, 9.17) is 4.12 Å². The van der Waals surface area contributed by atoms with Crippen molar-refractivity contribution in [3.05, 3.63) is 0 Å². The quantitative estimate of drug-likeness (QED) is 0.224. The van der Waals surface area contributed by atoms with E-state index in [9.17, 15) is 0 Å². The molecule has 21 heavy (non-hydrogen) atoms. The highest BCUT2D eigenvalue weighted by Gasteiger charge is 2.31. The average molecular weight is 328 g/mol. The van der Waals surface area contributed by atoms with Gasteiger partial charge < -0.3 is 4.12 Å². The third-order valence-electron chi connectivity index (χ3n) is 4.67. The van der Waals surface area contributed by atoms with Gasteiger partial charge in [-0.2, -0.15) is 0 Å². The van der Waals surface area contributed by atoms with E-state index in [1.165, 1.54) is 95.2 Å². The van der Waals surface area contributed by atoms with Crippen LogP contribution in [0, 0.1) is 0 Å². The Hall–Kier alpha value is 0.394. The van der Waals surface area contributed by atoms with Crippen LogP contribution in [0.1, 0.15) is 97.8 Å². The Morgan fingerprint density at radius 3 is 1.14 bits per heavy atom. The molecule has 0 saturated carbocycles. The fourth-order valence-electron chi connectivity index (χ4n) is 3.15. The summed E-state index contributed by atoms with van der Waals surface area (Å²) in [5.41, 5.74) is 0. The lowest BCUT2D eigenvalue weighted by molar-refractivity contribution is 0.540. The summed E-state index contributed by atoms with van der Waals surface area (Å²) in [6.07, 6.45) is 16.5. The minimum absolute atomic E-state index is 1.33. The van der Waals surface area contributed by atoms with Gasteiger partial charge in [-0.05, 0) is 18.1 Å². The van der Waals surface area contributed by atoms with E-state index in [1.54, 1.807) is 0 Å². The first kappa shape index (κ1) is 21.4. The van der Waals surface area contributed by atoms with Crippen LogP contribution in [0.4, 0.5) is 0 Å². The molecule has 0 aliphatic heterocycles. The van der Waals surface area contributed by atoms with Crippen LogP contribution in [0.25, 0.3) is 0 Å². The third-order valence-corrected chi connectivity index (χ3v) is 10.2. The van der Waals surface area contributed by atoms with Gasteiger partial charge in [-0.3, -0.25) is 0 Å². The monoisotopic (exact) mass is 327 g/mol. The van der Waals surface area contributed by atoms with Gasteiger partial charge in [0.1, 0.15) is 0 Å². The van der Waals surface area contributed by atoms with Crippen LogP contribution < -0.4 is 0 Å². The normalized spacial score (nSPS) is 12.0. The van der Waals surface area contributed by atoms with Crippen molar-refractivity contribution in [1.82, 2.24) is 0 Å². The topological polar surface area (TPSA) is 9.23 Å². The Kier molecular flexibility index (Phi) is 15.6. The fourth-order valence-corrected chi connectivity index (χ4v) is 7.81. The average Bonchev–Trinajstić information content (AvgIpc) is 2.51. The van der Waals surface area contributed by atoms with E-state index in [2.05, 4.69) is 31.3 Å². The van der Waals surface area contributed by atoms with Gasteiger partial charge in [0.2, 0.25) is 10.5 Å². The van der Waals surface area contributed by atoms with E-state index in [0.717, 1.165) is 0 Å². The van der Waals surface area contributed by atoms with Crippen LogP contribution in [0.2, 0.25) is 18.1 Å². The molecule has 3 heteroatoms. The molecular weight excluding hydrogens is 288 g/mol. The van der Waals surface area contributed by atoms with Gasteiger partial charge in [0.15, 0.2) is 8.32 Å². The number of hydrogen-bond donors (Lipinski definition) is 0. The molecule has 3 radical (unpaired) electrons. The third kappa shape index (κ3) is 11.6. The molecule has 0 bridgehead atoms. The molecule has 0 saturated heterocycles. The van der Waals surface area contributed by atoms with E-state index >= 15 is 0 Å². The molecule has 0 atom stereocenters. The lowest BCUT2D eigenvalue weighted by Gasteiger charge is -2.31. The first-order valence-corrected chi connectivity index (χ1v) is 12.5. The van der Waals surface area contributed by atoms with Gasteiger partial charge >= 0.3 is 0 Å². The molecule has 125 valence electrons. The Bertz CT molecular complexity index is 178. The second-order valence-electron chi connectivity index (χ2n) is 6.72.